The Morgan fingerprint density at radius 1 is 1.36 bits per heavy atom. The zero-order chi connectivity index (χ0) is 15.7. The second-order valence-electron chi connectivity index (χ2n) is 7.29. The zero-order valence-corrected chi connectivity index (χ0v) is 13.7. The van der Waals surface area contributed by atoms with Crippen molar-refractivity contribution in [3.8, 4) is 0 Å². The Kier molecular flexibility index (Phi) is 4.76. The molecule has 3 fully saturated rings. The lowest BCUT2D eigenvalue weighted by atomic mass is 9.58. The van der Waals surface area contributed by atoms with Gasteiger partial charge in [0, 0.05) is 37.5 Å². The van der Waals surface area contributed by atoms with Gasteiger partial charge in [-0.25, -0.2) is 0 Å². The van der Waals surface area contributed by atoms with Crippen LogP contribution in [0.5, 0.6) is 0 Å². The maximum absolute atomic E-state index is 12.8. The van der Waals surface area contributed by atoms with Crippen molar-refractivity contribution in [2.24, 2.45) is 23.0 Å². The van der Waals surface area contributed by atoms with Crippen molar-refractivity contribution >= 4 is 5.91 Å². The Morgan fingerprint density at radius 2 is 2.09 bits per heavy atom. The van der Waals surface area contributed by atoms with Crippen molar-refractivity contribution in [3.63, 3.8) is 0 Å². The van der Waals surface area contributed by atoms with Crippen LogP contribution >= 0.6 is 0 Å². The van der Waals surface area contributed by atoms with E-state index in [1.165, 1.54) is 0 Å². The average Bonchev–Trinajstić information content (AvgIpc) is 3.03. The summed E-state index contributed by atoms with van der Waals surface area (Å²) < 4.78 is 5.79. The summed E-state index contributed by atoms with van der Waals surface area (Å²) in [6, 6.07) is 0. The summed E-state index contributed by atoms with van der Waals surface area (Å²) in [6.45, 7) is 4.84. The van der Waals surface area contributed by atoms with E-state index in [0.717, 1.165) is 51.6 Å². The van der Waals surface area contributed by atoms with Crippen LogP contribution in [0.1, 0.15) is 45.4 Å². The number of amides is 1. The average molecular weight is 310 g/mol. The largest absolute Gasteiger partial charge is 0.392 e. The molecule has 3 N–H and O–H groups in total. The molecule has 126 valence electrons. The van der Waals surface area contributed by atoms with Crippen molar-refractivity contribution in [1.82, 2.24) is 4.90 Å². The van der Waals surface area contributed by atoms with E-state index in [9.17, 15) is 9.90 Å². The molecule has 0 bridgehead atoms. The molecule has 2 unspecified atom stereocenters. The number of nitrogens with zero attached hydrogens (tertiary/aromatic N) is 1. The number of aliphatic hydroxyl groups excluding tert-OH is 1. The quantitative estimate of drug-likeness (QED) is 0.816. The molecule has 1 amide bonds. The first kappa shape index (κ1) is 16.2. The van der Waals surface area contributed by atoms with Gasteiger partial charge in [0.15, 0.2) is 0 Å². The molecule has 0 aromatic rings. The Labute approximate surface area is 133 Å². The number of likely N-dealkylation sites (tertiary alicyclic amines) is 1. The van der Waals surface area contributed by atoms with Crippen LogP contribution < -0.4 is 5.73 Å². The fraction of sp³-hybridized carbons (Fsp3) is 0.941. The van der Waals surface area contributed by atoms with Crippen LogP contribution in [-0.4, -0.2) is 54.4 Å². The van der Waals surface area contributed by atoms with Gasteiger partial charge in [-0.1, -0.05) is 6.42 Å². The standard InChI is InChI=1S/C17H30N2O3/c1-2-22-15-10-14(20)17(15)6-8-19(9-7-17)16(21)13-5-3-4-12(13)11-18/h12-15,20H,2-11,18H2,1H3/t12-,13-,14?,15?/m1/s1. The number of rotatable bonds is 4. The number of carbonyl (C=O) groups excluding carboxylic acids is 1. The molecule has 5 heteroatoms. The lowest BCUT2D eigenvalue weighted by Gasteiger charge is -2.56. The van der Waals surface area contributed by atoms with Gasteiger partial charge in [0.1, 0.15) is 0 Å². The summed E-state index contributed by atoms with van der Waals surface area (Å²) in [5.41, 5.74) is 5.71. The summed E-state index contributed by atoms with van der Waals surface area (Å²) in [6.07, 6.45) is 5.61. The first-order valence-corrected chi connectivity index (χ1v) is 8.91. The lowest BCUT2D eigenvalue weighted by Crippen LogP contribution is -2.63. The van der Waals surface area contributed by atoms with Gasteiger partial charge in [0.05, 0.1) is 12.2 Å². The normalized spacial score (nSPS) is 37.3. The number of carbonyl (C=O) groups is 1. The predicted octanol–water partition coefficient (Wildman–Crippen LogP) is 1.14. The number of nitrogens with two attached hydrogens (primary N) is 1. The van der Waals surface area contributed by atoms with Crippen LogP contribution in [-0.2, 0) is 9.53 Å². The Hall–Kier alpha value is -0.650. The first-order chi connectivity index (χ1) is 10.6. The minimum atomic E-state index is -0.260. The van der Waals surface area contributed by atoms with E-state index in [1.807, 2.05) is 11.8 Å². The summed E-state index contributed by atoms with van der Waals surface area (Å²) in [5.74, 6) is 0.798. The minimum absolute atomic E-state index is 0.101. The van der Waals surface area contributed by atoms with Crippen LogP contribution in [0.15, 0.2) is 0 Å². The molecule has 5 nitrogen and oxygen atoms in total. The minimum Gasteiger partial charge on any atom is -0.392 e. The fourth-order valence-corrected chi connectivity index (χ4v) is 4.84. The highest BCUT2D eigenvalue weighted by molar-refractivity contribution is 5.79. The number of piperidine rings is 1. The molecule has 3 aliphatic rings. The zero-order valence-electron chi connectivity index (χ0n) is 13.7. The molecular formula is C17H30N2O3. The maximum Gasteiger partial charge on any atom is 0.226 e. The van der Waals surface area contributed by atoms with Gasteiger partial charge in [-0.2, -0.15) is 0 Å². The molecule has 1 spiro atoms. The van der Waals surface area contributed by atoms with Gasteiger partial charge in [-0.15, -0.1) is 0 Å². The van der Waals surface area contributed by atoms with Crippen molar-refractivity contribution in [2.75, 3.05) is 26.2 Å². The van der Waals surface area contributed by atoms with Gasteiger partial charge in [0.25, 0.3) is 0 Å². The third-order valence-electron chi connectivity index (χ3n) is 6.40. The highest BCUT2D eigenvalue weighted by atomic mass is 16.5. The summed E-state index contributed by atoms with van der Waals surface area (Å²) in [4.78, 5) is 14.8. The Bertz CT molecular complexity index is 405. The van der Waals surface area contributed by atoms with Crippen molar-refractivity contribution in [2.45, 2.75) is 57.7 Å². The van der Waals surface area contributed by atoms with Crippen LogP contribution in [0.2, 0.25) is 0 Å². The second-order valence-corrected chi connectivity index (χ2v) is 7.29. The van der Waals surface area contributed by atoms with E-state index in [0.29, 0.717) is 25.0 Å². The predicted molar refractivity (Wildman–Crippen MR) is 84.2 cm³/mol. The molecular weight excluding hydrogens is 280 g/mol. The highest BCUT2D eigenvalue weighted by Gasteiger charge is 2.56. The van der Waals surface area contributed by atoms with Gasteiger partial charge in [-0.05, 0) is 45.1 Å². The number of ether oxygens (including phenoxy) is 1. The molecule has 0 radical (unpaired) electrons. The van der Waals surface area contributed by atoms with Gasteiger partial charge >= 0.3 is 0 Å². The van der Waals surface area contributed by atoms with Crippen LogP contribution in [0.3, 0.4) is 0 Å². The number of hydrogen-bond acceptors (Lipinski definition) is 4. The van der Waals surface area contributed by atoms with Crippen molar-refractivity contribution < 1.29 is 14.6 Å². The molecule has 22 heavy (non-hydrogen) atoms. The molecule has 3 rings (SSSR count). The van der Waals surface area contributed by atoms with E-state index in [4.69, 9.17) is 10.5 Å². The monoisotopic (exact) mass is 310 g/mol. The second kappa shape index (κ2) is 6.46. The molecule has 0 aromatic carbocycles. The molecule has 0 aromatic heterocycles. The maximum atomic E-state index is 12.8. The molecule has 1 saturated heterocycles. The van der Waals surface area contributed by atoms with Crippen LogP contribution in [0, 0.1) is 17.3 Å². The smallest absolute Gasteiger partial charge is 0.226 e. The highest BCUT2D eigenvalue weighted by Crippen LogP contribution is 2.51. The molecule has 2 aliphatic carbocycles. The fourth-order valence-electron chi connectivity index (χ4n) is 4.84. The van der Waals surface area contributed by atoms with E-state index in [-0.39, 0.29) is 23.5 Å². The summed E-state index contributed by atoms with van der Waals surface area (Å²) in [5, 5.41) is 10.2. The Balaban J connectivity index is 1.58. The van der Waals surface area contributed by atoms with Gasteiger partial charge in [-0.3, -0.25) is 4.79 Å². The SMILES string of the molecule is CCOC1CC(O)C12CCN(C(=O)[C@@H]1CCC[C@@H]1CN)CC2. The topological polar surface area (TPSA) is 75.8 Å². The third kappa shape index (κ3) is 2.57. The Morgan fingerprint density at radius 3 is 2.68 bits per heavy atom. The van der Waals surface area contributed by atoms with E-state index < -0.39 is 0 Å². The first-order valence-electron chi connectivity index (χ1n) is 8.91. The molecule has 1 aliphatic heterocycles. The summed E-state index contributed by atoms with van der Waals surface area (Å²) >= 11 is 0. The molecule has 4 atom stereocenters. The van der Waals surface area contributed by atoms with E-state index >= 15 is 0 Å². The lowest BCUT2D eigenvalue weighted by molar-refractivity contribution is -0.210. The molecule has 1 heterocycles. The van der Waals surface area contributed by atoms with Gasteiger partial charge in [0.2, 0.25) is 5.91 Å². The number of hydrogen-bond donors (Lipinski definition) is 2. The van der Waals surface area contributed by atoms with Crippen molar-refractivity contribution in [3.05, 3.63) is 0 Å². The van der Waals surface area contributed by atoms with E-state index in [1.54, 1.807) is 0 Å². The third-order valence-corrected chi connectivity index (χ3v) is 6.40. The van der Waals surface area contributed by atoms with Crippen molar-refractivity contribution in [1.29, 1.82) is 0 Å². The molecule has 2 saturated carbocycles. The van der Waals surface area contributed by atoms with Crippen LogP contribution in [0.4, 0.5) is 0 Å². The summed E-state index contributed by atoms with van der Waals surface area (Å²) in [7, 11) is 0. The van der Waals surface area contributed by atoms with Gasteiger partial charge < -0.3 is 20.5 Å². The van der Waals surface area contributed by atoms with E-state index in [2.05, 4.69) is 0 Å². The number of aliphatic hydroxyl groups is 1. The van der Waals surface area contributed by atoms with Crippen LogP contribution in [0.25, 0.3) is 0 Å².